The minimum atomic E-state index is 0.116. The third-order valence-electron chi connectivity index (χ3n) is 4.74. The Hall–Kier alpha value is -2.05. The van der Waals surface area contributed by atoms with E-state index >= 15 is 0 Å². The van der Waals surface area contributed by atoms with Crippen molar-refractivity contribution in [2.75, 3.05) is 24.7 Å². The molecule has 3 heterocycles. The first-order valence-corrected chi connectivity index (χ1v) is 10.0. The molecule has 0 spiro atoms. The van der Waals surface area contributed by atoms with Gasteiger partial charge in [0.15, 0.2) is 11.5 Å². The monoisotopic (exact) mass is 373 g/mol. The summed E-state index contributed by atoms with van der Waals surface area (Å²) in [4.78, 5) is 16.0. The molecule has 0 bridgehead atoms. The van der Waals surface area contributed by atoms with Gasteiger partial charge in [0.2, 0.25) is 5.91 Å². The summed E-state index contributed by atoms with van der Waals surface area (Å²) in [6, 6.07) is 9.80. The first-order chi connectivity index (χ1) is 12.8. The van der Waals surface area contributed by atoms with E-state index in [9.17, 15) is 4.79 Å². The summed E-state index contributed by atoms with van der Waals surface area (Å²) in [5, 5.41) is 2.04. The molecule has 1 atom stereocenters. The average molecular weight is 373 g/mol. The van der Waals surface area contributed by atoms with Crippen LogP contribution in [0.5, 0.6) is 11.5 Å². The van der Waals surface area contributed by atoms with Crippen LogP contribution in [0.1, 0.15) is 30.6 Å². The molecule has 1 amide bonds. The Kier molecular flexibility index (Phi) is 5.41. The van der Waals surface area contributed by atoms with Crippen LogP contribution in [0.4, 0.5) is 5.69 Å². The fraction of sp³-hybridized carbons (Fsp3) is 0.450. The molecule has 1 aromatic heterocycles. The highest BCUT2D eigenvalue weighted by Gasteiger charge is 2.23. The molecule has 5 nitrogen and oxygen atoms in total. The van der Waals surface area contributed by atoms with Gasteiger partial charge in [0.05, 0.1) is 12.6 Å². The Morgan fingerprint density at radius 3 is 2.81 bits per heavy atom. The fourth-order valence-electron chi connectivity index (χ4n) is 3.37. The molecule has 2 aromatic rings. The Morgan fingerprint density at radius 2 is 2.04 bits per heavy atom. The Bertz CT molecular complexity index is 740. The van der Waals surface area contributed by atoms with Crippen molar-refractivity contribution >= 4 is 22.9 Å². The van der Waals surface area contributed by atoms with E-state index in [1.165, 1.54) is 0 Å². The summed E-state index contributed by atoms with van der Waals surface area (Å²) in [7, 11) is 0. The van der Waals surface area contributed by atoms with Gasteiger partial charge < -0.3 is 19.1 Å². The van der Waals surface area contributed by atoms with Gasteiger partial charge in [-0.1, -0.05) is 6.07 Å². The number of hydrogen-bond acceptors (Lipinski definition) is 5. The van der Waals surface area contributed by atoms with E-state index in [4.69, 9.17) is 14.2 Å². The van der Waals surface area contributed by atoms with E-state index in [0.29, 0.717) is 31.9 Å². The van der Waals surface area contributed by atoms with Crippen molar-refractivity contribution in [3.63, 3.8) is 0 Å². The quantitative estimate of drug-likeness (QED) is 0.768. The molecule has 1 fully saturated rings. The number of ether oxygens (including phenoxy) is 3. The molecule has 138 valence electrons. The first-order valence-electron chi connectivity index (χ1n) is 9.13. The predicted octanol–water partition coefficient (Wildman–Crippen LogP) is 4.01. The summed E-state index contributed by atoms with van der Waals surface area (Å²) in [5.74, 6) is 1.56. The van der Waals surface area contributed by atoms with Gasteiger partial charge in [-0.15, -0.1) is 11.3 Å². The van der Waals surface area contributed by atoms with Crippen LogP contribution < -0.4 is 14.4 Å². The lowest BCUT2D eigenvalue weighted by atomic mass is 10.1. The van der Waals surface area contributed by atoms with Crippen LogP contribution in [0, 0.1) is 0 Å². The summed E-state index contributed by atoms with van der Waals surface area (Å²) >= 11 is 1.66. The number of rotatable bonds is 6. The van der Waals surface area contributed by atoms with Crippen LogP contribution in [0.2, 0.25) is 0 Å². The van der Waals surface area contributed by atoms with Gasteiger partial charge in [-0.05, 0) is 42.8 Å². The van der Waals surface area contributed by atoms with Crippen molar-refractivity contribution in [3.8, 4) is 11.5 Å². The van der Waals surface area contributed by atoms with Crippen molar-refractivity contribution in [1.29, 1.82) is 0 Å². The van der Waals surface area contributed by atoms with Crippen molar-refractivity contribution in [2.45, 2.75) is 38.3 Å². The number of anilines is 1. The summed E-state index contributed by atoms with van der Waals surface area (Å²) in [6.45, 7) is 2.49. The maximum Gasteiger partial charge on any atom is 0.227 e. The second kappa shape index (κ2) is 8.10. The zero-order valence-corrected chi connectivity index (χ0v) is 15.5. The highest BCUT2D eigenvalue weighted by molar-refractivity contribution is 7.09. The number of thiophene rings is 1. The highest BCUT2D eigenvalue weighted by Crippen LogP contribution is 2.35. The van der Waals surface area contributed by atoms with Crippen LogP contribution >= 0.6 is 11.3 Å². The second-order valence-electron chi connectivity index (χ2n) is 6.56. The van der Waals surface area contributed by atoms with Gasteiger partial charge >= 0.3 is 0 Å². The predicted molar refractivity (Wildman–Crippen MR) is 101 cm³/mol. The van der Waals surface area contributed by atoms with Crippen LogP contribution in [-0.2, 0) is 16.1 Å². The smallest absolute Gasteiger partial charge is 0.227 e. The van der Waals surface area contributed by atoms with E-state index < -0.39 is 0 Å². The zero-order valence-electron chi connectivity index (χ0n) is 14.7. The molecule has 26 heavy (non-hydrogen) atoms. The average Bonchev–Trinajstić information content (AvgIpc) is 3.37. The molecule has 1 aromatic carbocycles. The molecular weight excluding hydrogens is 350 g/mol. The summed E-state index contributed by atoms with van der Waals surface area (Å²) in [6.07, 6.45) is 3.65. The maximum absolute atomic E-state index is 13.0. The third kappa shape index (κ3) is 4.02. The normalized spacial score (nSPS) is 18.7. The van der Waals surface area contributed by atoms with Gasteiger partial charge in [-0.25, -0.2) is 0 Å². The van der Waals surface area contributed by atoms with Gasteiger partial charge in [0.25, 0.3) is 0 Å². The van der Waals surface area contributed by atoms with Crippen LogP contribution in [0.3, 0.4) is 0 Å². The van der Waals surface area contributed by atoms with Gasteiger partial charge in [-0.2, -0.15) is 0 Å². The van der Waals surface area contributed by atoms with Crippen LogP contribution in [0.25, 0.3) is 0 Å². The molecule has 2 aliphatic heterocycles. The Balaban J connectivity index is 1.52. The number of nitrogens with zero attached hydrogens (tertiary/aromatic N) is 1. The molecule has 0 radical (unpaired) electrons. The lowest BCUT2D eigenvalue weighted by molar-refractivity contribution is -0.119. The Morgan fingerprint density at radius 1 is 1.15 bits per heavy atom. The first kappa shape index (κ1) is 17.4. The lowest BCUT2D eigenvalue weighted by Crippen LogP contribution is -2.31. The second-order valence-corrected chi connectivity index (χ2v) is 7.59. The topological polar surface area (TPSA) is 48.0 Å². The summed E-state index contributed by atoms with van der Waals surface area (Å²) < 4.78 is 17.0. The van der Waals surface area contributed by atoms with Gasteiger partial charge in [0, 0.05) is 29.7 Å². The number of fused-ring (bicyclic) bond motifs is 1. The van der Waals surface area contributed by atoms with Crippen LogP contribution in [0.15, 0.2) is 35.7 Å². The van der Waals surface area contributed by atoms with Crippen molar-refractivity contribution < 1.29 is 19.0 Å². The van der Waals surface area contributed by atoms with E-state index in [0.717, 1.165) is 42.2 Å². The van der Waals surface area contributed by atoms with Crippen LogP contribution in [-0.4, -0.2) is 31.8 Å². The molecule has 1 unspecified atom stereocenters. The number of carbonyl (C=O) groups is 1. The SMILES string of the molecule is O=C(CCC1CCCO1)N(Cc1cccs1)c1ccc2c(c1)OCCO2. The zero-order chi connectivity index (χ0) is 17.8. The largest absolute Gasteiger partial charge is 0.486 e. The van der Waals surface area contributed by atoms with Crippen molar-refractivity contribution in [3.05, 3.63) is 40.6 Å². The number of carbonyl (C=O) groups excluding carboxylic acids is 1. The summed E-state index contributed by atoms with van der Waals surface area (Å²) in [5.41, 5.74) is 0.847. The molecule has 6 heteroatoms. The third-order valence-corrected chi connectivity index (χ3v) is 5.60. The molecule has 1 saturated heterocycles. The van der Waals surface area contributed by atoms with Crippen molar-refractivity contribution in [1.82, 2.24) is 0 Å². The molecule has 0 N–H and O–H groups in total. The fourth-order valence-corrected chi connectivity index (χ4v) is 4.07. The Labute approximate surface area is 157 Å². The minimum absolute atomic E-state index is 0.116. The minimum Gasteiger partial charge on any atom is -0.486 e. The molecule has 0 saturated carbocycles. The van der Waals surface area contributed by atoms with Gasteiger partial charge in [-0.3, -0.25) is 4.79 Å². The number of benzene rings is 1. The molecular formula is C20H23NO4S. The van der Waals surface area contributed by atoms with Crippen molar-refractivity contribution in [2.24, 2.45) is 0 Å². The molecule has 0 aliphatic carbocycles. The lowest BCUT2D eigenvalue weighted by Gasteiger charge is -2.25. The number of amides is 1. The van der Waals surface area contributed by atoms with E-state index in [1.54, 1.807) is 11.3 Å². The molecule has 2 aliphatic rings. The molecule has 4 rings (SSSR count). The van der Waals surface area contributed by atoms with Gasteiger partial charge in [0.1, 0.15) is 13.2 Å². The standard InChI is InChI=1S/C20H23NO4S/c22-20(8-6-16-3-1-9-23-16)21(14-17-4-2-12-26-17)15-5-7-18-19(13-15)25-11-10-24-18/h2,4-5,7,12-13,16H,1,3,6,8-11,14H2. The highest BCUT2D eigenvalue weighted by atomic mass is 32.1. The van der Waals surface area contributed by atoms with E-state index in [2.05, 4.69) is 6.07 Å². The number of hydrogen-bond donors (Lipinski definition) is 0. The van der Waals surface area contributed by atoms with E-state index in [-0.39, 0.29) is 12.0 Å². The maximum atomic E-state index is 13.0. The van der Waals surface area contributed by atoms with E-state index in [1.807, 2.05) is 34.5 Å².